The van der Waals surface area contributed by atoms with Gasteiger partial charge in [-0.25, -0.2) is 17.6 Å². The highest BCUT2D eigenvalue weighted by Crippen LogP contribution is 2.51. The molecular weight excluding hydrogens is 887 g/mol. The maximum Gasteiger partial charge on any atom is 0.389 e. The number of ether oxygens (including phenoxy) is 2. The van der Waals surface area contributed by atoms with Gasteiger partial charge in [-0.15, -0.1) is 0 Å². The third-order valence-electron chi connectivity index (χ3n) is 14.3. The molecule has 4 heterocycles. The molecule has 0 radical (unpaired) electrons. The Morgan fingerprint density at radius 2 is 0.970 bits per heavy atom. The minimum atomic E-state index is -4.19. The fourth-order valence-electron chi connectivity index (χ4n) is 10.7. The van der Waals surface area contributed by atoms with E-state index < -0.39 is 61.0 Å². The average Bonchev–Trinajstić information content (AvgIpc) is 3.92. The minimum absolute atomic E-state index is 0.0380. The lowest BCUT2D eigenvalue weighted by atomic mass is 9.66. The summed E-state index contributed by atoms with van der Waals surface area (Å²) in [4.78, 5) is 4.23. The summed E-state index contributed by atoms with van der Waals surface area (Å²) in [6.07, 6.45) is -5.48. The number of rotatable bonds is 22. The molecule has 2 fully saturated rings. The monoisotopic (exact) mass is 961 g/mol. The molecule has 10 nitrogen and oxygen atoms in total. The smallest absolute Gasteiger partial charge is 0.381 e. The molecule has 20 heteroatoms. The van der Waals surface area contributed by atoms with Crippen molar-refractivity contribution in [2.45, 2.75) is 166 Å². The number of hydrogen-bond acceptors (Lipinski definition) is 8. The van der Waals surface area contributed by atoms with E-state index in [9.17, 15) is 43.9 Å². The fraction of sp³-hybridized carbons (Fsp3) is 0.870. The van der Waals surface area contributed by atoms with Crippen molar-refractivity contribution in [1.82, 2.24) is 40.0 Å². The van der Waals surface area contributed by atoms with Gasteiger partial charge in [-0.05, 0) is 129 Å². The van der Waals surface area contributed by atoms with Gasteiger partial charge in [0.05, 0.1) is 37.4 Å². The molecule has 0 bridgehead atoms. The van der Waals surface area contributed by atoms with Gasteiger partial charge in [-0.3, -0.25) is 19.2 Å². The Kier molecular flexibility index (Phi) is 18.9. The Morgan fingerprint density at radius 3 is 1.27 bits per heavy atom. The van der Waals surface area contributed by atoms with E-state index in [0.29, 0.717) is 102 Å². The van der Waals surface area contributed by atoms with Crippen molar-refractivity contribution >= 4 is 0 Å². The van der Waals surface area contributed by atoms with Crippen LogP contribution < -0.4 is 10.6 Å². The standard InChI is InChI=1S/2C23H37F5N4O/c2*1-4-33-16-21(9-10-23(26,27)28)7-5-17(6-8-21)20-18(14-31(3)12-11-29-2)30-32-15-22(24,25)13-19(20)32/h2*17,29H,4-16H2,1-3H3. The third-order valence-corrected chi connectivity index (χ3v) is 14.3. The third kappa shape index (κ3) is 15.2. The zero-order valence-electron chi connectivity index (χ0n) is 39.8. The number of likely N-dealkylation sites (N-methyl/N-ethyl adjacent to an activating group) is 4. The number of halogens is 10. The number of hydrogen-bond donors (Lipinski definition) is 2. The number of nitrogens with one attached hydrogen (secondary N) is 2. The molecule has 66 heavy (non-hydrogen) atoms. The summed E-state index contributed by atoms with van der Waals surface area (Å²) < 4.78 is 148. The molecular formula is C46H74F10N8O2. The van der Waals surface area contributed by atoms with Crippen LogP contribution in [0.15, 0.2) is 0 Å². The molecule has 2 aliphatic heterocycles. The van der Waals surface area contributed by atoms with Crippen LogP contribution in [0.25, 0.3) is 0 Å². The van der Waals surface area contributed by atoms with Crippen LogP contribution in [0.5, 0.6) is 0 Å². The zero-order chi connectivity index (χ0) is 48.6. The van der Waals surface area contributed by atoms with Crippen LogP contribution in [0.4, 0.5) is 43.9 Å². The van der Waals surface area contributed by atoms with Crippen LogP contribution in [0.1, 0.15) is 137 Å². The first kappa shape index (κ1) is 54.4. The number of fused-ring (bicyclic) bond motifs is 2. The van der Waals surface area contributed by atoms with Gasteiger partial charge in [0.15, 0.2) is 0 Å². The van der Waals surface area contributed by atoms with Crippen molar-refractivity contribution in [3.8, 4) is 0 Å². The van der Waals surface area contributed by atoms with Gasteiger partial charge in [0, 0.05) is 87.8 Å². The van der Waals surface area contributed by atoms with Crippen LogP contribution >= 0.6 is 0 Å². The summed E-state index contributed by atoms with van der Waals surface area (Å²) >= 11 is 0. The summed E-state index contributed by atoms with van der Waals surface area (Å²) in [5, 5.41) is 15.3. The van der Waals surface area contributed by atoms with Gasteiger partial charge in [-0.1, -0.05) is 0 Å². The van der Waals surface area contributed by atoms with E-state index in [2.05, 4.69) is 30.6 Å². The lowest BCUT2D eigenvalue weighted by Gasteiger charge is -2.40. The van der Waals surface area contributed by atoms with Crippen LogP contribution in [0.2, 0.25) is 0 Å². The first-order valence-electron chi connectivity index (χ1n) is 23.8. The summed E-state index contributed by atoms with van der Waals surface area (Å²) in [7, 11) is 7.71. The normalized spacial score (nSPS) is 25.1. The molecule has 2 aromatic heterocycles. The molecule has 380 valence electrons. The lowest BCUT2D eigenvalue weighted by Crippen LogP contribution is -2.34. The molecule has 4 aliphatic rings. The molecule has 0 saturated heterocycles. The topological polar surface area (TPSA) is 84.6 Å². The minimum Gasteiger partial charge on any atom is -0.381 e. The summed E-state index contributed by atoms with van der Waals surface area (Å²) in [5.41, 5.74) is 3.67. The Labute approximate surface area is 384 Å². The lowest BCUT2D eigenvalue weighted by molar-refractivity contribution is -0.146. The SMILES string of the molecule is CCOCC1(CCC(F)(F)F)CCC(c2c(CN(C)CCNC)nn3c2CC(F)(F)C3)CC1.CCOCC1(CCC(F)(F)F)CCC(c2c(CN(C)CCNC)nn3c2CC(F)(F)C3)CC1. The average molecular weight is 961 g/mol. The van der Waals surface area contributed by atoms with Crippen LogP contribution in [0.3, 0.4) is 0 Å². The van der Waals surface area contributed by atoms with Gasteiger partial charge < -0.3 is 20.1 Å². The maximum absolute atomic E-state index is 14.2. The Morgan fingerprint density at radius 1 is 0.621 bits per heavy atom. The summed E-state index contributed by atoms with van der Waals surface area (Å²) in [6.45, 7) is 8.79. The van der Waals surface area contributed by atoms with E-state index in [0.717, 1.165) is 48.7 Å². The van der Waals surface area contributed by atoms with Crippen molar-refractivity contribution in [2.75, 3.05) is 80.8 Å². The molecule has 0 amide bonds. The maximum atomic E-state index is 14.2. The largest absolute Gasteiger partial charge is 0.389 e. The number of nitrogens with zero attached hydrogens (tertiary/aromatic N) is 6. The molecule has 0 atom stereocenters. The van der Waals surface area contributed by atoms with Crippen molar-refractivity contribution in [2.24, 2.45) is 10.8 Å². The highest BCUT2D eigenvalue weighted by molar-refractivity contribution is 5.35. The predicted molar refractivity (Wildman–Crippen MR) is 233 cm³/mol. The van der Waals surface area contributed by atoms with E-state index in [1.807, 2.05) is 42.0 Å². The van der Waals surface area contributed by atoms with E-state index >= 15 is 0 Å². The van der Waals surface area contributed by atoms with E-state index in [4.69, 9.17) is 9.47 Å². The van der Waals surface area contributed by atoms with Crippen LogP contribution in [-0.2, 0) is 48.5 Å². The molecule has 6 rings (SSSR count). The molecule has 0 unspecified atom stereocenters. The zero-order valence-corrected chi connectivity index (χ0v) is 39.8. The van der Waals surface area contributed by atoms with E-state index in [1.54, 1.807) is 0 Å². The molecule has 0 aromatic carbocycles. The van der Waals surface area contributed by atoms with Crippen molar-refractivity contribution in [3.05, 3.63) is 33.9 Å². The number of alkyl halides is 10. The Bertz CT molecular complexity index is 1670. The Hall–Kier alpha value is -2.52. The van der Waals surface area contributed by atoms with Gasteiger partial charge in [-0.2, -0.15) is 36.5 Å². The first-order valence-corrected chi connectivity index (χ1v) is 23.8. The van der Waals surface area contributed by atoms with Crippen LogP contribution in [0, 0.1) is 10.8 Å². The summed E-state index contributed by atoms with van der Waals surface area (Å²) in [5.74, 6) is -5.52. The molecule has 2 saturated carbocycles. The van der Waals surface area contributed by atoms with Crippen molar-refractivity contribution in [3.63, 3.8) is 0 Å². The first-order chi connectivity index (χ1) is 30.9. The van der Waals surface area contributed by atoms with Gasteiger partial charge in [0.25, 0.3) is 11.8 Å². The molecule has 2 aromatic rings. The van der Waals surface area contributed by atoms with Gasteiger partial charge in [0.2, 0.25) is 0 Å². The van der Waals surface area contributed by atoms with Crippen molar-refractivity contribution < 1.29 is 53.4 Å². The molecule has 2 aliphatic carbocycles. The second-order valence-electron chi connectivity index (χ2n) is 19.7. The van der Waals surface area contributed by atoms with E-state index in [1.165, 1.54) is 9.36 Å². The van der Waals surface area contributed by atoms with E-state index in [-0.39, 0.29) is 37.5 Å². The Balaban J connectivity index is 0.000000247. The predicted octanol–water partition coefficient (Wildman–Crippen LogP) is 9.50. The second kappa shape index (κ2) is 22.9. The number of aromatic nitrogens is 4. The molecule has 2 N–H and O–H groups in total. The highest BCUT2D eigenvalue weighted by Gasteiger charge is 2.47. The van der Waals surface area contributed by atoms with Gasteiger partial charge >= 0.3 is 12.4 Å². The quantitative estimate of drug-likeness (QED) is 0.113. The van der Waals surface area contributed by atoms with Crippen molar-refractivity contribution in [1.29, 1.82) is 0 Å². The molecule has 0 spiro atoms. The highest BCUT2D eigenvalue weighted by atomic mass is 19.4. The van der Waals surface area contributed by atoms with Gasteiger partial charge in [0.1, 0.15) is 13.1 Å². The fourth-order valence-corrected chi connectivity index (χ4v) is 10.7. The second-order valence-corrected chi connectivity index (χ2v) is 19.7. The summed E-state index contributed by atoms with van der Waals surface area (Å²) in [6, 6.07) is 0. The van der Waals surface area contributed by atoms with Crippen LogP contribution in [-0.4, -0.2) is 134 Å².